The van der Waals surface area contributed by atoms with Crippen LogP contribution in [-0.2, 0) is 4.74 Å². The molecule has 0 saturated carbocycles. The van der Waals surface area contributed by atoms with Crippen LogP contribution in [0.2, 0.25) is 0 Å². The van der Waals surface area contributed by atoms with Crippen LogP contribution in [0.5, 0.6) is 0 Å². The number of aliphatic hydroxyl groups excluding tert-OH is 1. The zero-order valence-corrected chi connectivity index (χ0v) is 7.12. The molecule has 1 amide bonds. The summed E-state index contributed by atoms with van der Waals surface area (Å²) in [6, 6.07) is -0.0159. The van der Waals surface area contributed by atoms with E-state index < -0.39 is 0 Å². The monoisotopic (exact) mass is 174 g/mol. The third-order valence-corrected chi connectivity index (χ3v) is 1.91. The standard InChI is InChI=1S/C7H14N2O3/c1-12-7(11)9-3-2-8-6(4-9)5-10/h6,8,10H,2-5H2,1H3/t6-/m0/s1. The second kappa shape index (κ2) is 4.27. The molecular formula is C7H14N2O3. The maximum absolute atomic E-state index is 11.0. The molecule has 1 rings (SSSR count). The van der Waals surface area contributed by atoms with Crippen LogP contribution in [-0.4, -0.2) is 55.5 Å². The van der Waals surface area contributed by atoms with Crippen molar-refractivity contribution in [2.24, 2.45) is 0 Å². The summed E-state index contributed by atoms with van der Waals surface area (Å²) >= 11 is 0. The average Bonchev–Trinajstić information content (AvgIpc) is 2.17. The van der Waals surface area contributed by atoms with Gasteiger partial charge < -0.3 is 20.1 Å². The molecule has 5 nitrogen and oxygen atoms in total. The highest BCUT2D eigenvalue weighted by Crippen LogP contribution is 2.00. The maximum atomic E-state index is 11.0. The summed E-state index contributed by atoms with van der Waals surface area (Å²) in [5.41, 5.74) is 0. The van der Waals surface area contributed by atoms with E-state index in [9.17, 15) is 4.79 Å². The molecule has 1 aliphatic rings. The molecule has 0 spiro atoms. The zero-order valence-electron chi connectivity index (χ0n) is 7.12. The lowest BCUT2D eigenvalue weighted by atomic mass is 10.2. The molecule has 1 fully saturated rings. The highest BCUT2D eigenvalue weighted by atomic mass is 16.5. The van der Waals surface area contributed by atoms with Crippen LogP contribution in [0.1, 0.15) is 0 Å². The molecule has 2 N–H and O–H groups in total. The summed E-state index contributed by atoms with van der Waals surface area (Å²) in [4.78, 5) is 12.6. The molecule has 0 bridgehead atoms. The van der Waals surface area contributed by atoms with Crippen LogP contribution in [0.25, 0.3) is 0 Å². The lowest BCUT2D eigenvalue weighted by molar-refractivity contribution is 0.0992. The molecule has 0 aromatic heterocycles. The third kappa shape index (κ3) is 2.09. The van der Waals surface area contributed by atoms with E-state index in [1.807, 2.05) is 0 Å². The summed E-state index contributed by atoms with van der Waals surface area (Å²) in [5.74, 6) is 0. The van der Waals surface area contributed by atoms with Gasteiger partial charge in [-0.1, -0.05) is 0 Å². The van der Waals surface area contributed by atoms with E-state index in [0.717, 1.165) is 0 Å². The van der Waals surface area contributed by atoms with Crippen LogP contribution in [0, 0.1) is 0 Å². The highest BCUT2D eigenvalue weighted by Gasteiger charge is 2.22. The van der Waals surface area contributed by atoms with Gasteiger partial charge in [-0.05, 0) is 0 Å². The van der Waals surface area contributed by atoms with Crippen molar-refractivity contribution in [1.29, 1.82) is 0 Å². The number of hydrogen-bond donors (Lipinski definition) is 2. The van der Waals surface area contributed by atoms with Gasteiger partial charge in [-0.3, -0.25) is 0 Å². The number of hydrogen-bond acceptors (Lipinski definition) is 4. The highest BCUT2D eigenvalue weighted by molar-refractivity contribution is 5.67. The number of methoxy groups -OCH3 is 1. The van der Waals surface area contributed by atoms with Gasteiger partial charge in [0.15, 0.2) is 0 Å². The van der Waals surface area contributed by atoms with E-state index in [1.165, 1.54) is 7.11 Å². The van der Waals surface area contributed by atoms with E-state index in [1.54, 1.807) is 4.90 Å². The largest absolute Gasteiger partial charge is 0.453 e. The Morgan fingerprint density at radius 2 is 2.58 bits per heavy atom. The summed E-state index contributed by atoms with van der Waals surface area (Å²) < 4.78 is 4.56. The van der Waals surface area contributed by atoms with Gasteiger partial charge in [0, 0.05) is 25.7 Å². The second-order valence-corrected chi connectivity index (χ2v) is 2.75. The molecule has 1 aliphatic heterocycles. The zero-order chi connectivity index (χ0) is 8.97. The molecule has 0 aromatic rings. The van der Waals surface area contributed by atoms with Crippen LogP contribution in [0.4, 0.5) is 4.79 Å². The topological polar surface area (TPSA) is 61.8 Å². The van der Waals surface area contributed by atoms with Crippen molar-refractivity contribution in [2.75, 3.05) is 33.4 Å². The van der Waals surface area contributed by atoms with Crippen LogP contribution < -0.4 is 5.32 Å². The number of nitrogens with one attached hydrogen (secondary N) is 1. The Morgan fingerprint density at radius 1 is 1.83 bits per heavy atom. The second-order valence-electron chi connectivity index (χ2n) is 2.75. The maximum Gasteiger partial charge on any atom is 0.409 e. The number of carbonyl (C=O) groups excluding carboxylic acids is 1. The average molecular weight is 174 g/mol. The first-order chi connectivity index (χ1) is 5.77. The van der Waals surface area contributed by atoms with Crippen molar-refractivity contribution < 1.29 is 14.6 Å². The van der Waals surface area contributed by atoms with Crippen molar-refractivity contribution in [3.8, 4) is 0 Å². The smallest absolute Gasteiger partial charge is 0.409 e. The number of amides is 1. The van der Waals surface area contributed by atoms with E-state index in [0.29, 0.717) is 19.6 Å². The third-order valence-electron chi connectivity index (χ3n) is 1.91. The quantitative estimate of drug-likeness (QED) is 0.536. The fourth-order valence-corrected chi connectivity index (χ4v) is 1.24. The summed E-state index contributed by atoms with van der Waals surface area (Å²) in [7, 11) is 1.36. The van der Waals surface area contributed by atoms with Crippen LogP contribution >= 0.6 is 0 Å². The van der Waals surface area contributed by atoms with Crippen molar-refractivity contribution in [2.45, 2.75) is 6.04 Å². The van der Waals surface area contributed by atoms with Crippen molar-refractivity contribution >= 4 is 6.09 Å². The minimum Gasteiger partial charge on any atom is -0.453 e. The number of ether oxygens (including phenoxy) is 1. The molecule has 0 aliphatic carbocycles. The van der Waals surface area contributed by atoms with E-state index in [4.69, 9.17) is 5.11 Å². The van der Waals surface area contributed by atoms with Crippen molar-refractivity contribution in [3.63, 3.8) is 0 Å². The summed E-state index contributed by atoms with van der Waals surface area (Å²) in [6.45, 7) is 1.92. The Labute approximate surface area is 71.3 Å². The van der Waals surface area contributed by atoms with Crippen LogP contribution in [0.15, 0.2) is 0 Å². The predicted octanol–water partition coefficient (Wildman–Crippen LogP) is -0.981. The Morgan fingerprint density at radius 3 is 3.17 bits per heavy atom. The van der Waals surface area contributed by atoms with Gasteiger partial charge in [-0.15, -0.1) is 0 Å². The molecule has 5 heteroatoms. The molecular weight excluding hydrogens is 160 g/mol. The first-order valence-electron chi connectivity index (χ1n) is 3.95. The lowest BCUT2D eigenvalue weighted by Gasteiger charge is -2.31. The molecule has 12 heavy (non-hydrogen) atoms. The molecule has 70 valence electrons. The number of rotatable bonds is 1. The molecule has 1 heterocycles. The minimum atomic E-state index is -0.324. The molecule has 0 aromatic carbocycles. The van der Waals surface area contributed by atoms with Gasteiger partial charge in [-0.2, -0.15) is 0 Å². The molecule has 1 atom stereocenters. The van der Waals surface area contributed by atoms with Gasteiger partial charge in [0.25, 0.3) is 0 Å². The van der Waals surface area contributed by atoms with Gasteiger partial charge in [0.2, 0.25) is 0 Å². The SMILES string of the molecule is COC(=O)N1CCN[C@H](CO)C1. The molecule has 0 unspecified atom stereocenters. The number of nitrogens with zero attached hydrogens (tertiary/aromatic N) is 1. The summed E-state index contributed by atoms with van der Waals surface area (Å²) in [6.07, 6.45) is -0.324. The van der Waals surface area contributed by atoms with Gasteiger partial charge in [-0.25, -0.2) is 4.79 Å². The van der Waals surface area contributed by atoms with E-state index in [-0.39, 0.29) is 18.7 Å². The van der Waals surface area contributed by atoms with Crippen LogP contribution in [0.3, 0.4) is 0 Å². The Bertz CT molecular complexity index is 163. The van der Waals surface area contributed by atoms with E-state index >= 15 is 0 Å². The van der Waals surface area contributed by atoms with Gasteiger partial charge >= 0.3 is 6.09 Å². The number of aliphatic hydroxyl groups is 1. The summed E-state index contributed by atoms with van der Waals surface area (Å²) in [5, 5.41) is 11.9. The lowest BCUT2D eigenvalue weighted by Crippen LogP contribution is -2.53. The fraction of sp³-hybridized carbons (Fsp3) is 0.857. The normalized spacial score (nSPS) is 23.8. The van der Waals surface area contributed by atoms with Crippen molar-refractivity contribution in [3.05, 3.63) is 0 Å². The number of carbonyl (C=O) groups is 1. The fourth-order valence-electron chi connectivity index (χ4n) is 1.24. The number of piperazine rings is 1. The molecule has 1 saturated heterocycles. The first kappa shape index (κ1) is 9.28. The van der Waals surface area contributed by atoms with Gasteiger partial charge in [0.1, 0.15) is 0 Å². The van der Waals surface area contributed by atoms with E-state index in [2.05, 4.69) is 10.1 Å². The van der Waals surface area contributed by atoms with Gasteiger partial charge in [0.05, 0.1) is 13.7 Å². The predicted molar refractivity (Wildman–Crippen MR) is 42.9 cm³/mol. The Hall–Kier alpha value is -0.810. The van der Waals surface area contributed by atoms with Crippen molar-refractivity contribution in [1.82, 2.24) is 10.2 Å². The molecule has 0 radical (unpaired) electrons. The Kier molecular flexibility index (Phi) is 3.31. The Balaban J connectivity index is 2.40. The first-order valence-corrected chi connectivity index (χ1v) is 3.95. The minimum absolute atomic E-state index is 0.0159.